The molecule has 1 rings (SSSR count). The number of carbonyl (C=O) groups is 1. The van der Waals surface area contributed by atoms with Crippen LogP contribution in [0.4, 0.5) is 0 Å². The van der Waals surface area contributed by atoms with Crippen molar-refractivity contribution in [1.82, 2.24) is 15.1 Å². The lowest BCUT2D eigenvalue weighted by molar-refractivity contribution is 0.0517. The molecule has 0 unspecified atom stereocenters. The maximum Gasteiger partial charge on any atom is 0.359 e. The minimum atomic E-state index is -0.351. The van der Waals surface area contributed by atoms with Crippen molar-refractivity contribution >= 4 is 5.97 Å². The Balaban J connectivity index is 2.70. The summed E-state index contributed by atoms with van der Waals surface area (Å²) in [6.07, 6.45) is 2.91. The molecule has 0 spiro atoms. The SMILES string of the molecule is CCCNCc1cn(C)nc1C(=O)OCC. The molecule has 0 aliphatic heterocycles. The highest BCUT2D eigenvalue weighted by atomic mass is 16.5. The van der Waals surface area contributed by atoms with E-state index in [0.717, 1.165) is 18.5 Å². The summed E-state index contributed by atoms with van der Waals surface area (Å²) in [7, 11) is 1.80. The van der Waals surface area contributed by atoms with E-state index in [4.69, 9.17) is 4.74 Å². The Kier molecular flexibility index (Phi) is 4.98. The zero-order valence-corrected chi connectivity index (χ0v) is 10.1. The average molecular weight is 225 g/mol. The van der Waals surface area contributed by atoms with E-state index in [-0.39, 0.29) is 5.97 Å². The van der Waals surface area contributed by atoms with Crippen molar-refractivity contribution in [1.29, 1.82) is 0 Å². The summed E-state index contributed by atoms with van der Waals surface area (Å²) in [6.45, 7) is 5.84. The van der Waals surface area contributed by atoms with Gasteiger partial charge in [-0.2, -0.15) is 5.10 Å². The minimum absolute atomic E-state index is 0.351. The minimum Gasteiger partial charge on any atom is -0.461 e. The summed E-state index contributed by atoms with van der Waals surface area (Å²) in [6, 6.07) is 0. The highest BCUT2D eigenvalue weighted by Crippen LogP contribution is 2.07. The molecule has 1 N–H and O–H groups in total. The van der Waals surface area contributed by atoms with Crippen LogP contribution in [0.5, 0.6) is 0 Å². The van der Waals surface area contributed by atoms with Crippen molar-refractivity contribution in [2.45, 2.75) is 26.8 Å². The molecule has 0 aromatic carbocycles. The molecule has 90 valence electrons. The zero-order valence-electron chi connectivity index (χ0n) is 10.1. The summed E-state index contributed by atoms with van der Waals surface area (Å²) in [4.78, 5) is 11.6. The quantitative estimate of drug-likeness (QED) is 0.582. The molecule has 1 aromatic rings. The van der Waals surface area contributed by atoms with Crippen LogP contribution in [0.15, 0.2) is 6.20 Å². The molecule has 0 aliphatic rings. The molecule has 0 radical (unpaired) electrons. The van der Waals surface area contributed by atoms with Crippen molar-refractivity contribution in [2.75, 3.05) is 13.2 Å². The number of hydrogen-bond acceptors (Lipinski definition) is 4. The van der Waals surface area contributed by atoms with Crippen molar-refractivity contribution in [3.8, 4) is 0 Å². The molecule has 0 bridgehead atoms. The molecule has 5 nitrogen and oxygen atoms in total. The van der Waals surface area contributed by atoms with Gasteiger partial charge >= 0.3 is 5.97 Å². The first-order chi connectivity index (χ1) is 7.69. The normalized spacial score (nSPS) is 10.4. The molecule has 1 heterocycles. The van der Waals surface area contributed by atoms with Crippen LogP contribution in [-0.2, 0) is 18.3 Å². The second-order valence-corrected chi connectivity index (χ2v) is 3.57. The van der Waals surface area contributed by atoms with Gasteiger partial charge in [-0.25, -0.2) is 4.79 Å². The van der Waals surface area contributed by atoms with Gasteiger partial charge in [0.25, 0.3) is 0 Å². The van der Waals surface area contributed by atoms with Gasteiger partial charge in [0.05, 0.1) is 6.61 Å². The van der Waals surface area contributed by atoms with E-state index in [1.165, 1.54) is 0 Å². The van der Waals surface area contributed by atoms with Crippen LogP contribution in [0.25, 0.3) is 0 Å². The monoisotopic (exact) mass is 225 g/mol. The lowest BCUT2D eigenvalue weighted by atomic mass is 10.2. The van der Waals surface area contributed by atoms with E-state index in [1.54, 1.807) is 18.7 Å². The van der Waals surface area contributed by atoms with Gasteiger partial charge in [-0.3, -0.25) is 4.68 Å². The van der Waals surface area contributed by atoms with E-state index in [9.17, 15) is 4.79 Å². The lowest BCUT2D eigenvalue weighted by Crippen LogP contribution is -2.16. The maximum atomic E-state index is 11.6. The van der Waals surface area contributed by atoms with Crippen LogP contribution in [-0.4, -0.2) is 28.9 Å². The number of hydrogen-bond donors (Lipinski definition) is 1. The number of rotatable bonds is 6. The number of nitrogens with one attached hydrogen (secondary N) is 1. The van der Waals surface area contributed by atoms with Crippen molar-refractivity contribution in [2.24, 2.45) is 7.05 Å². The van der Waals surface area contributed by atoms with Gasteiger partial charge in [0, 0.05) is 25.4 Å². The van der Waals surface area contributed by atoms with E-state index < -0.39 is 0 Å². The summed E-state index contributed by atoms with van der Waals surface area (Å²) < 4.78 is 6.58. The summed E-state index contributed by atoms with van der Waals surface area (Å²) in [5.74, 6) is -0.351. The molecule has 0 saturated carbocycles. The molecule has 0 saturated heterocycles. The van der Waals surface area contributed by atoms with E-state index >= 15 is 0 Å². The zero-order chi connectivity index (χ0) is 12.0. The lowest BCUT2D eigenvalue weighted by Gasteiger charge is -2.03. The highest BCUT2D eigenvalue weighted by molar-refractivity contribution is 5.88. The van der Waals surface area contributed by atoms with E-state index in [2.05, 4.69) is 17.3 Å². The van der Waals surface area contributed by atoms with Gasteiger partial charge in [-0.05, 0) is 19.9 Å². The topological polar surface area (TPSA) is 56.2 Å². The number of ether oxygens (including phenoxy) is 1. The third kappa shape index (κ3) is 3.34. The first kappa shape index (κ1) is 12.7. The Bertz CT molecular complexity index is 347. The van der Waals surface area contributed by atoms with Gasteiger partial charge in [-0.1, -0.05) is 6.92 Å². The second kappa shape index (κ2) is 6.27. The first-order valence-electron chi connectivity index (χ1n) is 5.59. The fourth-order valence-corrected chi connectivity index (χ4v) is 1.44. The Hall–Kier alpha value is -1.36. The van der Waals surface area contributed by atoms with Crippen molar-refractivity contribution < 1.29 is 9.53 Å². The van der Waals surface area contributed by atoms with Crippen molar-refractivity contribution in [3.05, 3.63) is 17.5 Å². The van der Waals surface area contributed by atoms with Crippen LogP contribution >= 0.6 is 0 Å². The average Bonchev–Trinajstić information content (AvgIpc) is 2.61. The van der Waals surface area contributed by atoms with Crippen LogP contribution in [0.2, 0.25) is 0 Å². The number of aromatic nitrogens is 2. The molecule has 1 aromatic heterocycles. The Morgan fingerprint density at radius 1 is 1.56 bits per heavy atom. The van der Waals surface area contributed by atoms with Gasteiger partial charge in [-0.15, -0.1) is 0 Å². The molecule has 0 amide bonds. The van der Waals surface area contributed by atoms with Crippen molar-refractivity contribution in [3.63, 3.8) is 0 Å². The Morgan fingerprint density at radius 2 is 2.31 bits per heavy atom. The molecule has 0 atom stereocenters. The molecule has 16 heavy (non-hydrogen) atoms. The smallest absolute Gasteiger partial charge is 0.359 e. The Morgan fingerprint density at radius 3 is 2.94 bits per heavy atom. The molecule has 5 heteroatoms. The number of esters is 1. The number of aryl methyl sites for hydroxylation is 1. The first-order valence-corrected chi connectivity index (χ1v) is 5.59. The van der Waals surface area contributed by atoms with Crippen LogP contribution in [0.3, 0.4) is 0 Å². The van der Waals surface area contributed by atoms with E-state index in [1.807, 2.05) is 6.20 Å². The Labute approximate surface area is 95.8 Å². The predicted octanol–water partition coefficient (Wildman–Crippen LogP) is 1.10. The molecule has 0 fully saturated rings. The largest absolute Gasteiger partial charge is 0.461 e. The van der Waals surface area contributed by atoms with Crippen LogP contribution < -0.4 is 5.32 Å². The van der Waals surface area contributed by atoms with Crippen LogP contribution in [0, 0.1) is 0 Å². The molecular weight excluding hydrogens is 206 g/mol. The summed E-state index contributed by atoms with van der Waals surface area (Å²) in [5.41, 5.74) is 1.29. The molecular formula is C11H19N3O2. The van der Waals surface area contributed by atoms with Gasteiger partial charge in [0.2, 0.25) is 0 Å². The standard InChI is InChI=1S/C11H19N3O2/c1-4-6-12-7-9-8-14(3)13-10(9)11(15)16-5-2/h8,12H,4-7H2,1-3H3. The third-order valence-corrected chi connectivity index (χ3v) is 2.12. The summed E-state index contributed by atoms with van der Waals surface area (Å²) >= 11 is 0. The fraction of sp³-hybridized carbons (Fsp3) is 0.636. The maximum absolute atomic E-state index is 11.6. The predicted molar refractivity (Wildman–Crippen MR) is 61.2 cm³/mol. The van der Waals surface area contributed by atoms with Gasteiger partial charge < -0.3 is 10.1 Å². The third-order valence-electron chi connectivity index (χ3n) is 2.12. The number of nitrogens with zero attached hydrogens (tertiary/aromatic N) is 2. The van der Waals surface area contributed by atoms with Gasteiger partial charge in [0.1, 0.15) is 0 Å². The molecule has 0 aliphatic carbocycles. The van der Waals surface area contributed by atoms with E-state index in [0.29, 0.717) is 18.8 Å². The summed E-state index contributed by atoms with van der Waals surface area (Å²) in [5, 5.41) is 7.35. The fourth-order valence-electron chi connectivity index (χ4n) is 1.44. The number of carbonyl (C=O) groups excluding carboxylic acids is 1. The highest BCUT2D eigenvalue weighted by Gasteiger charge is 2.16. The van der Waals surface area contributed by atoms with Gasteiger partial charge in [0.15, 0.2) is 5.69 Å². The van der Waals surface area contributed by atoms with Crippen LogP contribution in [0.1, 0.15) is 36.3 Å². The second-order valence-electron chi connectivity index (χ2n) is 3.57.